The largest absolute Gasteiger partial charge is 0.485 e. The summed E-state index contributed by atoms with van der Waals surface area (Å²) in [6, 6.07) is 1.37. The molecule has 0 unspecified atom stereocenters. The molecule has 2 heterocycles. The first-order valence-electron chi connectivity index (χ1n) is 5.74. The number of hydrogen-bond donors (Lipinski definition) is 3. The van der Waals surface area contributed by atoms with Gasteiger partial charge in [-0.3, -0.25) is 5.32 Å². The summed E-state index contributed by atoms with van der Waals surface area (Å²) in [5, 5.41) is 16.9. The predicted molar refractivity (Wildman–Crippen MR) is 70.2 cm³/mol. The quantitative estimate of drug-likeness (QED) is 0.767. The van der Waals surface area contributed by atoms with Crippen molar-refractivity contribution < 1.29 is 23.8 Å². The van der Waals surface area contributed by atoms with Crippen LogP contribution in [0.5, 0.6) is 11.5 Å². The number of amides is 1. The van der Waals surface area contributed by atoms with Crippen molar-refractivity contribution in [2.24, 2.45) is 0 Å². The third-order valence-corrected chi connectivity index (χ3v) is 2.96. The molecule has 0 radical (unpaired) electrons. The Bertz CT molecular complexity index is 768. The highest BCUT2D eigenvalue weighted by Crippen LogP contribution is 2.48. The lowest BCUT2D eigenvalue weighted by Gasteiger charge is -2.23. The first-order chi connectivity index (χ1) is 10.1. The van der Waals surface area contributed by atoms with E-state index in [2.05, 4.69) is 15.5 Å². The van der Waals surface area contributed by atoms with Gasteiger partial charge in [-0.25, -0.2) is 14.7 Å². The molecule has 0 bridgehead atoms. The van der Waals surface area contributed by atoms with Gasteiger partial charge < -0.3 is 19.0 Å². The fraction of sp³-hybridized carbons (Fsp3) is 0.182. The molecule has 1 aliphatic rings. The molecule has 1 aromatic heterocycles. The smallest absolute Gasteiger partial charge is 0.434 e. The number of carboxylic acid groups (broad SMARTS) is 1. The number of halogens is 1. The second kappa shape index (κ2) is 5.02. The molecule has 1 amide bonds. The van der Waals surface area contributed by atoms with Crippen molar-refractivity contribution in [3.05, 3.63) is 21.6 Å². The fourth-order valence-electron chi connectivity index (χ4n) is 1.90. The summed E-state index contributed by atoms with van der Waals surface area (Å²) < 4.78 is 15.7. The van der Waals surface area contributed by atoms with Crippen LogP contribution in [0.3, 0.4) is 0 Å². The van der Waals surface area contributed by atoms with Crippen LogP contribution in [0, 0.1) is 0 Å². The van der Waals surface area contributed by atoms with Gasteiger partial charge in [-0.15, -0.1) is 5.10 Å². The van der Waals surface area contributed by atoms with Crippen LogP contribution in [0.1, 0.15) is 0 Å². The number of fused-ring (bicyclic) bond motifs is 1. The number of aromatic amines is 1. The lowest BCUT2D eigenvalue weighted by molar-refractivity contribution is 0.172. The van der Waals surface area contributed by atoms with Gasteiger partial charge in [-0.05, 0) is 6.07 Å². The van der Waals surface area contributed by atoms with Crippen LogP contribution in [0.25, 0.3) is 11.5 Å². The molecule has 1 aromatic carbocycles. The number of carbonyl (C=O) groups is 1. The minimum atomic E-state index is -1.30. The lowest BCUT2D eigenvalue weighted by Crippen LogP contribution is -2.19. The Morgan fingerprint density at radius 2 is 2.10 bits per heavy atom. The van der Waals surface area contributed by atoms with Gasteiger partial charge in [0.05, 0.1) is 10.6 Å². The van der Waals surface area contributed by atoms with Gasteiger partial charge in [0.1, 0.15) is 18.9 Å². The summed E-state index contributed by atoms with van der Waals surface area (Å²) in [6.45, 7) is 0.481. The summed E-state index contributed by atoms with van der Waals surface area (Å²) >= 11 is 6.05. The molecule has 10 heteroatoms. The van der Waals surface area contributed by atoms with E-state index in [-0.39, 0.29) is 46.9 Å². The van der Waals surface area contributed by atoms with Gasteiger partial charge in [-0.1, -0.05) is 11.6 Å². The first-order valence-corrected chi connectivity index (χ1v) is 6.12. The normalized spacial score (nSPS) is 13.0. The molecule has 21 heavy (non-hydrogen) atoms. The molecular formula is C11H8ClN3O6. The molecule has 0 fully saturated rings. The zero-order valence-corrected chi connectivity index (χ0v) is 11.1. The summed E-state index contributed by atoms with van der Waals surface area (Å²) in [4.78, 5) is 21.9. The van der Waals surface area contributed by atoms with Crippen LogP contribution in [0.4, 0.5) is 10.5 Å². The maximum Gasteiger partial charge on any atom is 0.434 e. The van der Waals surface area contributed by atoms with E-state index >= 15 is 0 Å². The minimum Gasteiger partial charge on any atom is -0.485 e. The third-order valence-electron chi connectivity index (χ3n) is 2.66. The van der Waals surface area contributed by atoms with Crippen LogP contribution in [-0.2, 0) is 0 Å². The molecule has 0 aliphatic carbocycles. The molecular weight excluding hydrogens is 306 g/mol. The average molecular weight is 314 g/mol. The second-order valence-electron chi connectivity index (χ2n) is 3.98. The van der Waals surface area contributed by atoms with Crippen molar-refractivity contribution in [3.8, 4) is 23.0 Å². The number of anilines is 1. The highest BCUT2D eigenvalue weighted by atomic mass is 35.5. The lowest BCUT2D eigenvalue weighted by atomic mass is 10.1. The average Bonchev–Trinajstić information content (AvgIpc) is 2.88. The van der Waals surface area contributed by atoms with Crippen LogP contribution < -0.4 is 20.5 Å². The SMILES string of the molecule is O=C(O)Nc1c(Cl)cc(-c2n[nH]c(=O)o2)c2c1OCCO2. The predicted octanol–water partition coefficient (Wildman–Crippen LogP) is 1.54. The minimum absolute atomic E-state index is 0.0366. The maximum atomic E-state index is 11.0. The molecule has 9 nitrogen and oxygen atoms in total. The number of H-pyrrole nitrogens is 1. The number of hydrogen-bond acceptors (Lipinski definition) is 6. The van der Waals surface area contributed by atoms with Crippen LogP contribution in [0.15, 0.2) is 15.3 Å². The van der Waals surface area contributed by atoms with Gasteiger partial charge in [-0.2, -0.15) is 0 Å². The summed E-state index contributed by atoms with van der Waals surface area (Å²) in [7, 11) is 0. The van der Waals surface area contributed by atoms with E-state index in [9.17, 15) is 9.59 Å². The number of nitrogens with zero attached hydrogens (tertiary/aromatic N) is 1. The van der Waals surface area contributed by atoms with Crippen LogP contribution >= 0.6 is 11.6 Å². The Morgan fingerprint density at radius 1 is 1.38 bits per heavy atom. The number of aromatic nitrogens is 2. The van der Waals surface area contributed by atoms with Gasteiger partial charge in [0, 0.05) is 0 Å². The monoisotopic (exact) mass is 313 g/mol. The maximum absolute atomic E-state index is 11.0. The molecule has 110 valence electrons. The van der Waals surface area contributed by atoms with Crippen molar-refractivity contribution in [2.45, 2.75) is 0 Å². The first kappa shape index (κ1) is 13.3. The van der Waals surface area contributed by atoms with Crippen molar-refractivity contribution in [3.63, 3.8) is 0 Å². The molecule has 2 aromatic rings. The van der Waals surface area contributed by atoms with Crippen molar-refractivity contribution in [1.29, 1.82) is 0 Å². The van der Waals surface area contributed by atoms with Crippen LogP contribution in [0.2, 0.25) is 5.02 Å². The summed E-state index contributed by atoms with van der Waals surface area (Å²) in [5.74, 6) is -0.452. The summed E-state index contributed by atoms with van der Waals surface area (Å²) in [6.07, 6.45) is -1.30. The highest BCUT2D eigenvalue weighted by Gasteiger charge is 2.27. The van der Waals surface area contributed by atoms with Gasteiger partial charge in [0.15, 0.2) is 11.5 Å². The Balaban J connectivity index is 2.21. The third kappa shape index (κ3) is 2.38. The number of rotatable bonds is 2. The van der Waals surface area contributed by atoms with E-state index in [1.807, 2.05) is 0 Å². The molecule has 1 aliphatic heterocycles. The standard InChI is InChI=1S/C11H8ClN3O6/c12-5-3-4(9-14-15-11(18)21-9)7-8(20-2-1-19-7)6(5)13-10(16)17/h3,13H,1-2H2,(H,15,18)(H,16,17). The van der Waals surface area contributed by atoms with E-state index in [0.717, 1.165) is 0 Å². The Kier molecular flexibility index (Phi) is 3.18. The second-order valence-corrected chi connectivity index (χ2v) is 4.39. The number of nitrogens with one attached hydrogen (secondary N) is 2. The van der Waals surface area contributed by atoms with E-state index in [4.69, 9.17) is 30.6 Å². The molecule has 3 rings (SSSR count). The molecule has 0 atom stereocenters. The molecule has 3 N–H and O–H groups in total. The zero-order valence-electron chi connectivity index (χ0n) is 10.3. The fourth-order valence-corrected chi connectivity index (χ4v) is 2.15. The number of benzene rings is 1. The van der Waals surface area contributed by atoms with Gasteiger partial charge in [0.2, 0.25) is 0 Å². The van der Waals surface area contributed by atoms with E-state index in [1.165, 1.54) is 6.07 Å². The van der Waals surface area contributed by atoms with Crippen molar-refractivity contribution in [2.75, 3.05) is 18.5 Å². The topological polar surface area (TPSA) is 127 Å². The van der Waals surface area contributed by atoms with Crippen molar-refractivity contribution >= 4 is 23.4 Å². The van der Waals surface area contributed by atoms with Gasteiger partial charge >= 0.3 is 11.8 Å². The Morgan fingerprint density at radius 3 is 2.71 bits per heavy atom. The molecule has 0 spiro atoms. The van der Waals surface area contributed by atoms with E-state index < -0.39 is 11.8 Å². The van der Waals surface area contributed by atoms with Crippen molar-refractivity contribution in [1.82, 2.24) is 10.2 Å². The highest BCUT2D eigenvalue weighted by molar-refractivity contribution is 6.34. The van der Waals surface area contributed by atoms with Gasteiger partial charge in [0.25, 0.3) is 5.89 Å². The number of ether oxygens (including phenoxy) is 2. The molecule has 0 saturated carbocycles. The summed E-state index contributed by atoms with van der Waals surface area (Å²) in [5.41, 5.74) is 0.337. The van der Waals surface area contributed by atoms with E-state index in [1.54, 1.807) is 0 Å². The molecule has 0 saturated heterocycles. The Labute approximate surface area is 121 Å². The zero-order chi connectivity index (χ0) is 15.0. The Hall–Kier alpha value is -2.68. The van der Waals surface area contributed by atoms with Crippen LogP contribution in [-0.4, -0.2) is 34.6 Å². The van der Waals surface area contributed by atoms with E-state index in [0.29, 0.717) is 0 Å².